The number of likely N-dealkylation sites (tertiary alicyclic amines) is 1. The SMILES string of the molecule is O=C(CCS(=O)(=O)c1ccccc1)N1CCC2(CCC(COc3ccncc3)O2)CC1. The Morgan fingerprint density at radius 1 is 1.10 bits per heavy atom. The summed E-state index contributed by atoms with van der Waals surface area (Å²) in [6.07, 6.45) is 6.90. The minimum absolute atomic E-state index is 0.00742. The first-order valence-corrected chi connectivity index (χ1v) is 12.4. The van der Waals surface area contributed by atoms with Crippen molar-refractivity contribution in [1.82, 2.24) is 9.88 Å². The van der Waals surface area contributed by atoms with Crippen molar-refractivity contribution in [3.8, 4) is 5.75 Å². The van der Waals surface area contributed by atoms with Crippen LogP contribution in [0.3, 0.4) is 0 Å². The molecule has 0 radical (unpaired) electrons. The summed E-state index contributed by atoms with van der Waals surface area (Å²) in [7, 11) is -3.44. The quantitative estimate of drug-likeness (QED) is 0.653. The first-order chi connectivity index (χ1) is 15.0. The number of ether oxygens (including phenoxy) is 2. The van der Waals surface area contributed by atoms with Crippen molar-refractivity contribution in [2.45, 2.75) is 48.7 Å². The monoisotopic (exact) mass is 444 g/mol. The van der Waals surface area contributed by atoms with Crippen molar-refractivity contribution in [3.63, 3.8) is 0 Å². The Morgan fingerprint density at radius 2 is 1.81 bits per heavy atom. The van der Waals surface area contributed by atoms with Crippen LogP contribution in [0, 0.1) is 0 Å². The van der Waals surface area contributed by atoms with Crippen LogP contribution in [0.1, 0.15) is 32.1 Å². The molecular formula is C23H28N2O5S. The molecule has 8 heteroatoms. The highest BCUT2D eigenvalue weighted by Crippen LogP contribution is 2.39. The molecule has 1 aromatic carbocycles. The molecule has 2 fully saturated rings. The summed E-state index contributed by atoms with van der Waals surface area (Å²) in [5, 5.41) is 0. The first kappa shape index (κ1) is 21.8. The van der Waals surface area contributed by atoms with Gasteiger partial charge in [-0.2, -0.15) is 0 Å². The highest BCUT2D eigenvalue weighted by Gasteiger charge is 2.43. The normalized spacial score (nSPS) is 20.6. The molecule has 2 aromatic rings. The van der Waals surface area contributed by atoms with E-state index in [2.05, 4.69) is 4.98 Å². The van der Waals surface area contributed by atoms with Crippen LogP contribution in [-0.4, -0.2) is 61.4 Å². The van der Waals surface area contributed by atoms with Crippen LogP contribution in [0.5, 0.6) is 5.75 Å². The molecule has 2 aliphatic heterocycles. The number of sulfone groups is 1. The van der Waals surface area contributed by atoms with E-state index in [0.717, 1.165) is 31.4 Å². The minimum atomic E-state index is -3.44. The molecule has 2 aliphatic rings. The number of hydrogen-bond acceptors (Lipinski definition) is 6. The van der Waals surface area contributed by atoms with Crippen LogP contribution in [0.4, 0.5) is 0 Å². The van der Waals surface area contributed by atoms with Gasteiger partial charge in [0.25, 0.3) is 0 Å². The van der Waals surface area contributed by atoms with Gasteiger partial charge < -0.3 is 14.4 Å². The lowest BCUT2D eigenvalue weighted by atomic mass is 9.88. The molecule has 0 N–H and O–H groups in total. The molecule has 1 amide bonds. The second-order valence-corrected chi connectivity index (χ2v) is 10.3. The molecule has 166 valence electrons. The molecule has 31 heavy (non-hydrogen) atoms. The molecule has 1 unspecified atom stereocenters. The molecular weight excluding hydrogens is 416 g/mol. The maximum atomic E-state index is 12.6. The van der Waals surface area contributed by atoms with E-state index in [0.29, 0.717) is 19.7 Å². The molecule has 1 atom stereocenters. The summed E-state index contributed by atoms with van der Waals surface area (Å²) in [5.74, 6) is 0.512. The molecule has 0 aliphatic carbocycles. The molecule has 4 rings (SSSR count). The molecule has 0 bridgehead atoms. The summed E-state index contributed by atoms with van der Waals surface area (Å²) in [5.41, 5.74) is -0.195. The Balaban J connectivity index is 1.22. The van der Waals surface area contributed by atoms with Crippen molar-refractivity contribution in [2.24, 2.45) is 0 Å². The lowest BCUT2D eigenvalue weighted by molar-refractivity contribution is -0.137. The first-order valence-electron chi connectivity index (χ1n) is 10.7. The van der Waals surface area contributed by atoms with Gasteiger partial charge in [-0.05, 0) is 49.9 Å². The van der Waals surface area contributed by atoms with Crippen molar-refractivity contribution >= 4 is 15.7 Å². The lowest BCUT2D eigenvalue weighted by Crippen LogP contribution is -2.47. The standard InChI is InChI=1S/C23H28N2O5S/c26-22(9-17-31(27,28)21-4-2-1-3-5-21)25-15-11-23(12-16-25)10-6-20(30-23)18-29-19-7-13-24-14-8-19/h1-5,7-8,13-14,20H,6,9-12,15-18H2. The van der Waals surface area contributed by atoms with E-state index in [-0.39, 0.29) is 34.7 Å². The summed E-state index contributed by atoms with van der Waals surface area (Å²) in [6, 6.07) is 11.9. The largest absolute Gasteiger partial charge is 0.491 e. The molecule has 3 heterocycles. The number of piperidine rings is 1. The number of carbonyl (C=O) groups excluding carboxylic acids is 1. The zero-order valence-electron chi connectivity index (χ0n) is 17.5. The van der Waals surface area contributed by atoms with E-state index in [1.54, 1.807) is 47.6 Å². The zero-order chi connectivity index (χ0) is 21.7. The van der Waals surface area contributed by atoms with Crippen LogP contribution in [-0.2, 0) is 19.4 Å². The predicted molar refractivity (Wildman–Crippen MR) is 115 cm³/mol. The van der Waals surface area contributed by atoms with E-state index in [1.165, 1.54) is 0 Å². The fourth-order valence-electron chi connectivity index (χ4n) is 4.29. The molecule has 0 saturated carbocycles. The number of pyridine rings is 1. The minimum Gasteiger partial charge on any atom is -0.491 e. The predicted octanol–water partition coefficient (Wildman–Crippen LogP) is 2.86. The summed E-state index contributed by atoms with van der Waals surface area (Å²) >= 11 is 0. The van der Waals surface area contributed by atoms with Gasteiger partial charge >= 0.3 is 0 Å². The van der Waals surface area contributed by atoms with E-state index in [9.17, 15) is 13.2 Å². The van der Waals surface area contributed by atoms with Crippen LogP contribution in [0.25, 0.3) is 0 Å². The Morgan fingerprint density at radius 3 is 2.52 bits per heavy atom. The number of amides is 1. The van der Waals surface area contributed by atoms with Gasteiger partial charge in [-0.3, -0.25) is 9.78 Å². The van der Waals surface area contributed by atoms with Crippen molar-refractivity contribution in [1.29, 1.82) is 0 Å². The lowest BCUT2D eigenvalue weighted by Gasteiger charge is -2.39. The highest BCUT2D eigenvalue weighted by molar-refractivity contribution is 7.91. The van der Waals surface area contributed by atoms with E-state index >= 15 is 0 Å². The summed E-state index contributed by atoms with van der Waals surface area (Å²) in [4.78, 5) is 18.6. The smallest absolute Gasteiger partial charge is 0.223 e. The average Bonchev–Trinajstić information content (AvgIpc) is 3.20. The van der Waals surface area contributed by atoms with Gasteiger partial charge in [-0.15, -0.1) is 0 Å². The van der Waals surface area contributed by atoms with Crippen molar-refractivity contribution < 1.29 is 22.7 Å². The third kappa shape index (κ3) is 5.43. The summed E-state index contributed by atoms with van der Waals surface area (Å²) < 4.78 is 37.0. The average molecular weight is 445 g/mol. The van der Waals surface area contributed by atoms with Gasteiger partial charge in [0.15, 0.2) is 9.84 Å². The number of hydrogen-bond donors (Lipinski definition) is 0. The van der Waals surface area contributed by atoms with Crippen molar-refractivity contribution in [2.75, 3.05) is 25.4 Å². The Hall–Kier alpha value is -2.45. The van der Waals surface area contributed by atoms with E-state index in [4.69, 9.17) is 9.47 Å². The second kappa shape index (κ2) is 9.36. The molecule has 7 nitrogen and oxygen atoms in total. The van der Waals surface area contributed by atoms with Gasteiger partial charge in [-0.1, -0.05) is 18.2 Å². The maximum absolute atomic E-state index is 12.6. The van der Waals surface area contributed by atoms with E-state index in [1.807, 2.05) is 12.1 Å². The Labute approximate surface area is 183 Å². The van der Waals surface area contributed by atoms with Gasteiger partial charge in [0.1, 0.15) is 12.4 Å². The van der Waals surface area contributed by atoms with Gasteiger partial charge in [0, 0.05) is 31.9 Å². The third-order valence-electron chi connectivity index (χ3n) is 6.14. The maximum Gasteiger partial charge on any atom is 0.223 e. The fourth-order valence-corrected chi connectivity index (χ4v) is 5.54. The van der Waals surface area contributed by atoms with Gasteiger partial charge in [0.05, 0.1) is 22.4 Å². The van der Waals surface area contributed by atoms with Crippen molar-refractivity contribution in [3.05, 3.63) is 54.9 Å². The number of carbonyl (C=O) groups is 1. The molecule has 1 aromatic heterocycles. The van der Waals surface area contributed by atoms with Gasteiger partial charge in [-0.25, -0.2) is 8.42 Å². The molecule has 2 saturated heterocycles. The highest BCUT2D eigenvalue weighted by atomic mass is 32.2. The zero-order valence-corrected chi connectivity index (χ0v) is 18.3. The summed E-state index contributed by atoms with van der Waals surface area (Å²) in [6.45, 7) is 1.70. The van der Waals surface area contributed by atoms with Gasteiger partial charge in [0.2, 0.25) is 5.91 Å². The Kier molecular flexibility index (Phi) is 6.57. The number of aromatic nitrogens is 1. The third-order valence-corrected chi connectivity index (χ3v) is 7.87. The number of rotatable bonds is 7. The van der Waals surface area contributed by atoms with Crippen LogP contribution in [0.15, 0.2) is 59.8 Å². The topological polar surface area (TPSA) is 85.8 Å². The molecule has 1 spiro atoms. The van der Waals surface area contributed by atoms with Crippen LogP contribution < -0.4 is 4.74 Å². The van der Waals surface area contributed by atoms with E-state index < -0.39 is 9.84 Å². The van der Waals surface area contributed by atoms with Crippen LogP contribution >= 0.6 is 0 Å². The number of benzene rings is 1. The fraction of sp³-hybridized carbons (Fsp3) is 0.478. The number of nitrogens with zero attached hydrogens (tertiary/aromatic N) is 2. The Bertz CT molecular complexity index is 974. The second-order valence-electron chi connectivity index (χ2n) is 8.22. The van der Waals surface area contributed by atoms with Crippen LogP contribution in [0.2, 0.25) is 0 Å².